The summed E-state index contributed by atoms with van der Waals surface area (Å²) in [4.78, 5) is 3.08. The molecule has 0 amide bonds. The van der Waals surface area contributed by atoms with Gasteiger partial charge in [-0.3, -0.25) is 0 Å². The van der Waals surface area contributed by atoms with Crippen LogP contribution in [-0.2, 0) is 0 Å². The number of allylic oxidation sites excluding steroid dienone is 3. The molecule has 0 atom stereocenters. The summed E-state index contributed by atoms with van der Waals surface area (Å²) >= 11 is 0. The minimum atomic E-state index is 1.03. The number of rotatable bonds is 0. The summed E-state index contributed by atoms with van der Waals surface area (Å²) in [6, 6.07) is 0. The molecule has 1 heterocycles. The number of fused-ring (bicyclic) bond motifs is 1. The summed E-state index contributed by atoms with van der Waals surface area (Å²) < 4.78 is 0. The highest BCUT2D eigenvalue weighted by Crippen LogP contribution is 2.08. The fourth-order valence-electron chi connectivity index (χ4n) is 0.940. The number of nitrogens with one attached hydrogen (secondary N) is 1. The van der Waals surface area contributed by atoms with Crippen molar-refractivity contribution in [1.29, 1.82) is 0 Å². The Morgan fingerprint density at radius 1 is 1.60 bits per heavy atom. The van der Waals surface area contributed by atoms with Gasteiger partial charge in [0, 0.05) is 6.08 Å². The Hall–Kier alpha value is -1.46. The molecule has 0 radical (unpaired) electrons. The summed E-state index contributed by atoms with van der Waals surface area (Å²) in [6.07, 6.45) is 12.6. The Balaban J connectivity index is 2.51. The summed E-state index contributed by atoms with van der Waals surface area (Å²) in [5.74, 6) is 0. The molecule has 2 rings (SSSR count). The van der Waals surface area contributed by atoms with Crippen LogP contribution >= 0.6 is 0 Å². The normalized spacial score (nSPS) is 19.2. The lowest BCUT2D eigenvalue weighted by Gasteiger charge is -1.96. The van der Waals surface area contributed by atoms with Gasteiger partial charge in [0.1, 0.15) is 12.5 Å². The molecule has 0 aromatic heterocycles. The first-order valence-electron chi connectivity index (χ1n) is 3.15. The van der Waals surface area contributed by atoms with Crippen molar-refractivity contribution in [2.75, 3.05) is 0 Å². The van der Waals surface area contributed by atoms with Gasteiger partial charge in [-0.15, -0.1) is 6.08 Å². The van der Waals surface area contributed by atoms with Crippen molar-refractivity contribution in [2.45, 2.75) is 0 Å². The number of hydrogen-bond acceptors (Lipinski definition) is 0. The molecule has 1 aliphatic carbocycles. The summed E-state index contributed by atoms with van der Waals surface area (Å²) in [5, 5.41) is 0. The Kier molecular flexibility index (Phi) is 1.09. The minimum absolute atomic E-state index is 1.03. The largest absolute Gasteiger partial charge is 0.249 e. The van der Waals surface area contributed by atoms with Crippen molar-refractivity contribution in [1.82, 2.24) is 0 Å². The van der Waals surface area contributed by atoms with E-state index in [2.05, 4.69) is 16.8 Å². The van der Waals surface area contributed by atoms with Crippen molar-refractivity contribution in [2.24, 2.45) is 0 Å². The van der Waals surface area contributed by atoms with Gasteiger partial charge >= 0.3 is 0 Å². The van der Waals surface area contributed by atoms with Crippen molar-refractivity contribution in [3.05, 3.63) is 47.7 Å². The van der Waals surface area contributed by atoms with Gasteiger partial charge in [0.05, 0.1) is 0 Å². The first-order chi connectivity index (χ1) is 4.97. The van der Waals surface area contributed by atoms with Gasteiger partial charge in [-0.1, -0.05) is 6.08 Å². The summed E-state index contributed by atoms with van der Waals surface area (Å²) in [6.45, 7) is 0. The molecule has 0 spiro atoms. The smallest absolute Gasteiger partial charge is 0.249 e. The third kappa shape index (κ3) is 0.734. The van der Waals surface area contributed by atoms with E-state index >= 15 is 0 Å². The average Bonchev–Trinajstić information content (AvgIpc) is 2.05. The van der Waals surface area contributed by atoms with E-state index in [-0.39, 0.29) is 0 Å². The molecular weight excluding hydrogens is 122 g/mol. The van der Waals surface area contributed by atoms with E-state index in [1.165, 1.54) is 0 Å². The molecule has 2 aliphatic rings. The highest BCUT2D eigenvalue weighted by atomic mass is 14.7. The first-order valence-corrected chi connectivity index (χ1v) is 3.15. The zero-order valence-electron chi connectivity index (χ0n) is 5.39. The van der Waals surface area contributed by atoms with Crippen LogP contribution in [0.5, 0.6) is 0 Å². The standard InChI is InChI=1S/C9H5N/c1-2-6-9-8(4-1)5-3-7-10-9/h2-5,7H/p+1. The average molecular weight is 128 g/mol. The highest BCUT2D eigenvalue weighted by Gasteiger charge is 2.15. The van der Waals surface area contributed by atoms with E-state index in [4.69, 9.17) is 0 Å². The predicted molar refractivity (Wildman–Crippen MR) is 38.8 cm³/mol. The zero-order chi connectivity index (χ0) is 6.81. The molecule has 0 saturated heterocycles. The lowest BCUT2D eigenvalue weighted by molar-refractivity contribution is -0.388. The molecule has 1 nitrogen and oxygen atoms in total. The predicted octanol–water partition coefficient (Wildman–Crippen LogP) is -0.306. The fourth-order valence-corrected chi connectivity index (χ4v) is 0.940. The summed E-state index contributed by atoms with van der Waals surface area (Å²) in [7, 11) is 0. The molecule has 10 heavy (non-hydrogen) atoms. The van der Waals surface area contributed by atoms with Gasteiger partial charge in [0.25, 0.3) is 0 Å². The number of hydrogen-bond donors (Lipinski definition) is 1. The van der Waals surface area contributed by atoms with Crippen LogP contribution in [0, 0.1) is 12.5 Å². The third-order valence-corrected chi connectivity index (χ3v) is 1.43. The second-order valence-corrected chi connectivity index (χ2v) is 2.10. The lowest BCUT2D eigenvalue weighted by atomic mass is 10.1. The summed E-state index contributed by atoms with van der Waals surface area (Å²) in [5.41, 5.74) is 5.13. The molecule has 0 fully saturated rings. The van der Waals surface area contributed by atoms with Crippen molar-refractivity contribution >= 4 is 6.21 Å². The zero-order valence-corrected chi connectivity index (χ0v) is 5.39. The lowest BCUT2D eigenvalue weighted by Crippen LogP contribution is -2.68. The van der Waals surface area contributed by atoms with Crippen LogP contribution in [0.25, 0.3) is 0 Å². The molecule has 1 heteroatoms. The maximum absolute atomic E-state index is 3.08. The highest BCUT2D eigenvalue weighted by molar-refractivity contribution is 5.69. The minimum Gasteiger partial charge on any atom is -0.249 e. The van der Waals surface area contributed by atoms with Gasteiger partial charge in [-0.25, -0.2) is 5.73 Å². The molecule has 0 unspecified atom stereocenters. The molecule has 0 aromatic carbocycles. The van der Waals surface area contributed by atoms with Crippen LogP contribution in [0.15, 0.2) is 35.2 Å². The van der Waals surface area contributed by atoms with Crippen LogP contribution in [0.3, 0.4) is 0 Å². The van der Waals surface area contributed by atoms with Gasteiger partial charge in [0.2, 0.25) is 11.9 Å². The molecule has 0 bridgehead atoms. The van der Waals surface area contributed by atoms with Crippen LogP contribution in [0.4, 0.5) is 0 Å². The quantitative estimate of drug-likeness (QED) is 0.340. The topological polar surface area (TPSA) is 14.0 Å². The van der Waals surface area contributed by atoms with E-state index in [0.717, 1.165) is 11.3 Å². The second kappa shape index (κ2) is 2.05. The molecular formula is C9H6N+. The van der Waals surface area contributed by atoms with E-state index in [1.807, 2.05) is 24.8 Å². The van der Waals surface area contributed by atoms with Crippen LogP contribution in [0.1, 0.15) is 0 Å². The van der Waals surface area contributed by atoms with E-state index in [0.29, 0.717) is 0 Å². The Bertz CT molecular complexity index is 297. The Labute approximate surface area is 59.8 Å². The van der Waals surface area contributed by atoms with E-state index in [9.17, 15) is 0 Å². The van der Waals surface area contributed by atoms with Crippen LogP contribution in [0.2, 0.25) is 0 Å². The van der Waals surface area contributed by atoms with Gasteiger partial charge in [0.15, 0.2) is 5.57 Å². The molecule has 46 valence electrons. The van der Waals surface area contributed by atoms with E-state index in [1.54, 1.807) is 6.08 Å². The van der Waals surface area contributed by atoms with Crippen LogP contribution in [-0.4, -0.2) is 6.21 Å². The second-order valence-electron chi connectivity index (χ2n) is 2.10. The maximum atomic E-state index is 3.08. The SMILES string of the molecule is C1=C[C-]=C2[NH+]=C[CH+]C=C2C=1. The Morgan fingerprint density at radius 2 is 2.60 bits per heavy atom. The fraction of sp³-hybridized carbons (Fsp3) is 0. The van der Waals surface area contributed by atoms with Gasteiger partial charge < -0.3 is 0 Å². The van der Waals surface area contributed by atoms with Crippen molar-refractivity contribution in [3.63, 3.8) is 0 Å². The van der Waals surface area contributed by atoms with E-state index < -0.39 is 0 Å². The Morgan fingerprint density at radius 3 is 3.50 bits per heavy atom. The molecule has 1 N–H and O–H groups in total. The van der Waals surface area contributed by atoms with Crippen molar-refractivity contribution < 1.29 is 4.99 Å². The van der Waals surface area contributed by atoms with Crippen LogP contribution < -0.4 is 4.99 Å². The van der Waals surface area contributed by atoms with Crippen molar-refractivity contribution in [3.8, 4) is 0 Å². The molecule has 0 aromatic rings. The molecule has 1 aliphatic heterocycles. The maximum Gasteiger partial charge on any atom is 0.249 e. The third-order valence-electron chi connectivity index (χ3n) is 1.43. The monoisotopic (exact) mass is 128 g/mol. The van der Waals surface area contributed by atoms with Gasteiger partial charge in [-0.05, 0) is 0 Å². The first kappa shape index (κ1) is 5.33. The molecule has 0 saturated carbocycles. The van der Waals surface area contributed by atoms with Gasteiger partial charge in [-0.2, -0.15) is 4.99 Å².